The molecule has 0 atom stereocenters. The molecule has 0 aliphatic heterocycles. The number of benzene rings is 2. The van der Waals surface area contributed by atoms with Crippen molar-refractivity contribution in [2.45, 2.75) is 30.7 Å². The van der Waals surface area contributed by atoms with Gasteiger partial charge in [0.25, 0.3) is 10.0 Å². The largest absolute Gasteiger partial charge is 0.284 e. The van der Waals surface area contributed by atoms with Gasteiger partial charge in [0, 0.05) is 11.7 Å². The molecule has 0 saturated heterocycles. The molecule has 1 saturated carbocycles. The molecule has 2 aromatic carbocycles. The van der Waals surface area contributed by atoms with Crippen molar-refractivity contribution >= 4 is 31.4 Å². The molecule has 1 N–H and O–H groups in total. The standard InChI is InChI=1S/C17H20N2O4S2/c1-13-5-3-4-6-17(13)25(22,23)19(16-11-12-16)15-9-7-14(8-10-15)18-24(2,20)21/h3-10,16,18H,11-12H2,1-2H3. The van der Waals surface area contributed by atoms with Gasteiger partial charge in [-0.05, 0) is 55.7 Å². The first-order valence-corrected chi connectivity index (χ1v) is 11.2. The maximum Gasteiger partial charge on any atom is 0.264 e. The first-order chi connectivity index (χ1) is 11.7. The highest BCUT2D eigenvalue weighted by molar-refractivity contribution is 7.93. The summed E-state index contributed by atoms with van der Waals surface area (Å²) in [4.78, 5) is 0.292. The van der Waals surface area contributed by atoms with E-state index in [0.29, 0.717) is 21.8 Å². The molecule has 8 heteroatoms. The summed E-state index contributed by atoms with van der Waals surface area (Å²) in [5, 5.41) is 0. The van der Waals surface area contributed by atoms with Crippen LogP contribution in [0, 0.1) is 6.92 Å². The number of nitrogens with one attached hydrogen (secondary N) is 1. The SMILES string of the molecule is Cc1ccccc1S(=O)(=O)N(c1ccc(NS(C)(=O)=O)cc1)C1CC1. The molecular weight excluding hydrogens is 360 g/mol. The molecule has 0 aromatic heterocycles. The number of aryl methyl sites for hydroxylation is 1. The van der Waals surface area contributed by atoms with Crippen LogP contribution in [0.1, 0.15) is 18.4 Å². The lowest BCUT2D eigenvalue weighted by atomic mass is 10.2. The van der Waals surface area contributed by atoms with E-state index in [1.807, 2.05) is 6.07 Å². The van der Waals surface area contributed by atoms with Gasteiger partial charge in [0.1, 0.15) is 0 Å². The first-order valence-electron chi connectivity index (χ1n) is 7.86. The van der Waals surface area contributed by atoms with Gasteiger partial charge in [0.2, 0.25) is 10.0 Å². The molecule has 0 heterocycles. The zero-order valence-corrected chi connectivity index (χ0v) is 15.6. The van der Waals surface area contributed by atoms with Gasteiger partial charge in [0.05, 0.1) is 16.8 Å². The molecule has 134 valence electrons. The molecule has 1 aliphatic carbocycles. The van der Waals surface area contributed by atoms with E-state index in [9.17, 15) is 16.8 Å². The van der Waals surface area contributed by atoms with Crippen LogP contribution in [0.5, 0.6) is 0 Å². The van der Waals surface area contributed by atoms with E-state index in [-0.39, 0.29) is 6.04 Å². The second-order valence-corrected chi connectivity index (χ2v) is 9.75. The quantitative estimate of drug-likeness (QED) is 0.835. The van der Waals surface area contributed by atoms with E-state index in [1.54, 1.807) is 49.4 Å². The molecule has 1 aliphatic rings. The second-order valence-electron chi connectivity index (χ2n) is 6.22. The van der Waals surface area contributed by atoms with Crippen LogP contribution < -0.4 is 9.03 Å². The predicted octanol–water partition coefficient (Wildman–Crippen LogP) is 2.72. The Labute approximate surface area is 148 Å². The Morgan fingerprint density at radius 1 is 0.960 bits per heavy atom. The average molecular weight is 380 g/mol. The minimum Gasteiger partial charge on any atom is -0.284 e. The van der Waals surface area contributed by atoms with Gasteiger partial charge in [-0.2, -0.15) is 0 Å². The lowest BCUT2D eigenvalue weighted by Gasteiger charge is -2.25. The third-order valence-corrected chi connectivity index (χ3v) is 6.58. The number of rotatable bonds is 6. The zero-order valence-electron chi connectivity index (χ0n) is 14.0. The maximum absolute atomic E-state index is 13.2. The minimum absolute atomic E-state index is 0.0571. The summed E-state index contributed by atoms with van der Waals surface area (Å²) >= 11 is 0. The molecule has 1 fully saturated rings. The average Bonchev–Trinajstić information content (AvgIpc) is 3.32. The number of hydrogen-bond donors (Lipinski definition) is 1. The fourth-order valence-corrected chi connectivity index (χ4v) is 5.20. The van der Waals surface area contributed by atoms with E-state index < -0.39 is 20.0 Å². The molecule has 0 spiro atoms. The molecule has 0 radical (unpaired) electrons. The normalized spacial score (nSPS) is 15.0. The van der Waals surface area contributed by atoms with E-state index in [1.165, 1.54) is 4.31 Å². The van der Waals surface area contributed by atoms with Crippen LogP contribution in [0.3, 0.4) is 0 Å². The summed E-state index contributed by atoms with van der Waals surface area (Å²) in [6, 6.07) is 13.2. The van der Waals surface area contributed by atoms with Crippen LogP contribution in [0.15, 0.2) is 53.4 Å². The topological polar surface area (TPSA) is 83.6 Å². The summed E-state index contributed by atoms with van der Waals surface area (Å²) in [6.45, 7) is 1.77. The van der Waals surface area contributed by atoms with Crippen molar-refractivity contribution in [2.24, 2.45) is 0 Å². The van der Waals surface area contributed by atoms with Gasteiger partial charge in [-0.1, -0.05) is 18.2 Å². The summed E-state index contributed by atoms with van der Waals surface area (Å²) < 4.78 is 52.8. The fraction of sp³-hybridized carbons (Fsp3) is 0.294. The lowest BCUT2D eigenvalue weighted by Crippen LogP contribution is -2.33. The zero-order chi connectivity index (χ0) is 18.2. The summed E-state index contributed by atoms with van der Waals surface area (Å²) in [5.41, 5.74) is 1.63. The van der Waals surface area contributed by atoms with E-state index >= 15 is 0 Å². The monoisotopic (exact) mass is 380 g/mol. The van der Waals surface area contributed by atoms with Crippen molar-refractivity contribution in [1.29, 1.82) is 0 Å². The summed E-state index contributed by atoms with van der Waals surface area (Å²) in [6.07, 6.45) is 2.70. The molecule has 0 bridgehead atoms. The number of nitrogens with zero attached hydrogens (tertiary/aromatic N) is 1. The summed E-state index contributed by atoms with van der Waals surface area (Å²) in [7, 11) is -7.05. The van der Waals surface area contributed by atoms with Crippen molar-refractivity contribution < 1.29 is 16.8 Å². The Bertz CT molecular complexity index is 980. The lowest BCUT2D eigenvalue weighted by molar-refractivity contribution is 0.589. The van der Waals surface area contributed by atoms with Crippen LogP contribution in [-0.4, -0.2) is 29.1 Å². The molecular formula is C17H20N2O4S2. The summed E-state index contributed by atoms with van der Waals surface area (Å²) in [5.74, 6) is 0. The van der Waals surface area contributed by atoms with Crippen molar-refractivity contribution in [3.63, 3.8) is 0 Å². The Balaban J connectivity index is 1.98. The predicted molar refractivity (Wildman–Crippen MR) is 98.8 cm³/mol. The van der Waals surface area contributed by atoms with Gasteiger partial charge in [-0.25, -0.2) is 16.8 Å². The molecule has 25 heavy (non-hydrogen) atoms. The van der Waals surface area contributed by atoms with Gasteiger partial charge >= 0.3 is 0 Å². The third kappa shape index (κ3) is 3.96. The Morgan fingerprint density at radius 2 is 1.56 bits per heavy atom. The molecule has 0 unspecified atom stereocenters. The molecule has 3 rings (SSSR count). The highest BCUT2D eigenvalue weighted by Gasteiger charge is 2.38. The Hall–Kier alpha value is -2.06. The molecule has 2 aromatic rings. The smallest absolute Gasteiger partial charge is 0.264 e. The van der Waals surface area contributed by atoms with Crippen LogP contribution in [0.4, 0.5) is 11.4 Å². The van der Waals surface area contributed by atoms with Crippen molar-refractivity contribution in [3.8, 4) is 0 Å². The number of sulfonamides is 2. The van der Waals surface area contributed by atoms with Crippen molar-refractivity contribution in [2.75, 3.05) is 15.3 Å². The van der Waals surface area contributed by atoms with Gasteiger partial charge in [0.15, 0.2) is 0 Å². The maximum atomic E-state index is 13.2. The fourth-order valence-electron chi connectivity index (χ4n) is 2.70. The van der Waals surface area contributed by atoms with Crippen LogP contribution in [0.2, 0.25) is 0 Å². The highest BCUT2D eigenvalue weighted by atomic mass is 32.2. The van der Waals surface area contributed by atoms with E-state index in [4.69, 9.17) is 0 Å². The van der Waals surface area contributed by atoms with E-state index in [0.717, 1.165) is 19.1 Å². The van der Waals surface area contributed by atoms with E-state index in [2.05, 4.69) is 4.72 Å². The van der Waals surface area contributed by atoms with Crippen molar-refractivity contribution in [3.05, 3.63) is 54.1 Å². The van der Waals surface area contributed by atoms with Gasteiger partial charge in [-0.3, -0.25) is 9.03 Å². The van der Waals surface area contributed by atoms with Gasteiger partial charge in [-0.15, -0.1) is 0 Å². The number of anilines is 2. The van der Waals surface area contributed by atoms with Crippen LogP contribution >= 0.6 is 0 Å². The Kier molecular flexibility index (Phi) is 4.51. The van der Waals surface area contributed by atoms with Crippen LogP contribution in [-0.2, 0) is 20.0 Å². The Morgan fingerprint density at radius 3 is 2.08 bits per heavy atom. The van der Waals surface area contributed by atoms with Crippen LogP contribution in [0.25, 0.3) is 0 Å². The van der Waals surface area contributed by atoms with Gasteiger partial charge < -0.3 is 0 Å². The minimum atomic E-state index is -3.67. The number of hydrogen-bond acceptors (Lipinski definition) is 4. The first kappa shape index (κ1) is 17.8. The highest BCUT2D eigenvalue weighted by Crippen LogP contribution is 2.37. The molecule has 6 nitrogen and oxygen atoms in total. The third-order valence-electron chi connectivity index (χ3n) is 3.93. The second kappa shape index (κ2) is 6.34. The molecule has 0 amide bonds. The van der Waals surface area contributed by atoms with Crippen molar-refractivity contribution in [1.82, 2.24) is 0 Å².